The van der Waals surface area contributed by atoms with E-state index in [2.05, 4.69) is 15.7 Å². The van der Waals surface area contributed by atoms with Gasteiger partial charge < -0.3 is 28.8 Å². The van der Waals surface area contributed by atoms with Crippen LogP contribution in [-0.2, 0) is 30.2 Å². The number of aliphatic hydroxyl groups excluding tert-OH is 1. The van der Waals surface area contributed by atoms with E-state index in [1.165, 1.54) is 7.11 Å². The number of benzene rings is 1. The summed E-state index contributed by atoms with van der Waals surface area (Å²) in [5.41, 5.74) is 1.79. The Hall–Kier alpha value is -2.78. The highest BCUT2D eigenvalue weighted by Crippen LogP contribution is 2.55. The van der Waals surface area contributed by atoms with Crippen LogP contribution < -0.4 is 9.47 Å². The number of carbonyl (C=O) groups excluding carboxylic acids is 2. The molecule has 172 valence electrons. The zero-order chi connectivity index (χ0) is 22.5. The fourth-order valence-electron chi connectivity index (χ4n) is 5.62. The normalized spacial score (nSPS) is 28.7. The SMILES string of the molecule is COC(=O)CC(O)C(=O)OC1C(OC)=CC23CCCN2CCc2cc4c(cc2[C@H]13)OCO4. The summed E-state index contributed by atoms with van der Waals surface area (Å²) in [6.45, 7) is 1.98. The van der Waals surface area contributed by atoms with Gasteiger partial charge in [0.25, 0.3) is 0 Å². The van der Waals surface area contributed by atoms with Gasteiger partial charge in [-0.2, -0.15) is 0 Å². The number of hydrogen-bond acceptors (Lipinski definition) is 9. The van der Waals surface area contributed by atoms with E-state index in [0.29, 0.717) is 11.5 Å². The quantitative estimate of drug-likeness (QED) is 0.671. The molecule has 0 amide bonds. The third kappa shape index (κ3) is 3.22. The summed E-state index contributed by atoms with van der Waals surface area (Å²) >= 11 is 0. The molecule has 32 heavy (non-hydrogen) atoms. The fourth-order valence-corrected chi connectivity index (χ4v) is 5.62. The van der Waals surface area contributed by atoms with Gasteiger partial charge in [0, 0.05) is 6.54 Å². The molecule has 1 aliphatic carbocycles. The fraction of sp³-hybridized carbons (Fsp3) is 0.565. The van der Waals surface area contributed by atoms with E-state index in [0.717, 1.165) is 49.2 Å². The van der Waals surface area contributed by atoms with Crippen LogP contribution in [0.5, 0.6) is 11.5 Å². The third-order valence-corrected chi connectivity index (χ3v) is 7.07. The van der Waals surface area contributed by atoms with Crippen LogP contribution in [0, 0.1) is 0 Å². The molecule has 1 saturated heterocycles. The Morgan fingerprint density at radius 3 is 2.78 bits per heavy atom. The molecular formula is C23H27NO8. The lowest BCUT2D eigenvalue weighted by Crippen LogP contribution is -2.47. The molecule has 9 heteroatoms. The van der Waals surface area contributed by atoms with Gasteiger partial charge in [-0.1, -0.05) is 0 Å². The summed E-state index contributed by atoms with van der Waals surface area (Å²) in [6.07, 6.45) is 2.02. The van der Waals surface area contributed by atoms with Gasteiger partial charge in [-0.25, -0.2) is 4.79 Å². The van der Waals surface area contributed by atoms with Gasteiger partial charge in [0.15, 0.2) is 23.7 Å². The summed E-state index contributed by atoms with van der Waals surface area (Å²) in [5, 5.41) is 10.2. The average Bonchev–Trinajstić information content (AvgIpc) is 3.47. The predicted octanol–water partition coefficient (Wildman–Crippen LogP) is 1.27. The van der Waals surface area contributed by atoms with E-state index in [-0.39, 0.29) is 18.2 Å². The van der Waals surface area contributed by atoms with Gasteiger partial charge in [0.2, 0.25) is 6.79 Å². The maximum Gasteiger partial charge on any atom is 0.336 e. The van der Waals surface area contributed by atoms with Crippen molar-refractivity contribution in [2.75, 3.05) is 34.1 Å². The van der Waals surface area contributed by atoms with Crippen molar-refractivity contribution in [2.24, 2.45) is 0 Å². The largest absolute Gasteiger partial charge is 0.497 e. The van der Waals surface area contributed by atoms with E-state index in [9.17, 15) is 14.7 Å². The number of nitrogens with zero attached hydrogens (tertiary/aromatic N) is 1. The number of aliphatic hydroxyl groups is 1. The molecule has 1 N–H and O–H groups in total. The van der Waals surface area contributed by atoms with Crippen LogP contribution in [0.15, 0.2) is 24.0 Å². The molecule has 3 unspecified atom stereocenters. The number of fused-ring (bicyclic) bond motifs is 3. The van der Waals surface area contributed by atoms with Crippen molar-refractivity contribution in [3.63, 3.8) is 0 Å². The minimum Gasteiger partial charge on any atom is -0.497 e. The van der Waals surface area contributed by atoms with Gasteiger partial charge in [0.05, 0.1) is 32.1 Å². The Morgan fingerprint density at radius 1 is 1.25 bits per heavy atom. The summed E-state index contributed by atoms with van der Waals surface area (Å²) in [6, 6.07) is 4.01. The monoisotopic (exact) mass is 445 g/mol. The smallest absolute Gasteiger partial charge is 0.336 e. The van der Waals surface area contributed by atoms with Crippen LogP contribution in [-0.4, -0.2) is 73.8 Å². The van der Waals surface area contributed by atoms with Crippen LogP contribution in [0.2, 0.25) is 0 Å². The van der Waals surface area contributed by atoms with Crippen LogP contribution in [0.25, 0.3) is 0 Å². The van der Waals surface area contributed by atoms with Gasteiger partial charge in [0.1, 0.15) is 5.76 Å². The zero-order valence-electron chi connectivity index (χ0n) is 18.2. The Morgan fingerprint density at radius 2 is 2.03 bits per heavy atom. The Bertz CT molecular complexity index is 975. The molecule has 0 bridgehead atoms. The predicted molar refractivity (Wildman–Crippen MR) is 110 cm³/mol. The van der Waals surface area contributed by atoms with Crippen molar-refractivity contribution >= 4 is 11.9 Å². The Labute approximate surface area is 185 Å². The molecule has 0 aromatic heterocycles. The molecule has 3 aliphatic heterocycles. The number of rotatable bonds is 5. The highest BCUT2D eigenvalue weighted by Gasteiger charge is 2.58. The molecule has 0 radical (unpaired) electrons. The summed E-state index contributed by atoms with van der Waals surface area (Å²) < 4.78 is 27.3. The molecular weight excluding hydrogens is 418 g/mol. The van der Waals surface area contributed by atoms with Gasteiger partial charge >= 0.3 is 11.9 Å². The molecule has 4 atom stereocenters. The summed E-state index contributed by atoms with van der Waals surface area (Å²) in [4.78, 5) is 26.7. The molecule has 1 aromatic carbocycles. The number of esters is 2. The van der Waals surface area contributed by atoms with Gasteiger partial charge in [-0.05, 0) is 55.1 Å². The highest BCUT2D eigenvalue weighted by atomic mass is 16.7. The number of ether oxygens (including phenoxy) is 5. The molecule has 4 aliphatic rings. The zero-order valence-corrected chi connectivity index (χ0v) is 18.2. The van der Waals surface area contributed by atoms with E-state index in [1.54, 1.807) is 7.11 Å². The first-order chi connectivity index (χ1) is 15.5. The minimum atomic E-state index is -1.61. The number of carbonyl (C=O) groups is 2. The lowest BCUT2D eigenvalue weighted by molar-refractivity contribution is -0.164. The Balaban J connectivity index is 1.54. The van der Waals surface area contributed by atoms with E-state index in [4.69, 9.17) is 18.9 Å². The lowest BCUT2D eigenvalue weighted by atomic mass is 9.77. The molecule has 5 rings (SSSR count). The first-order valence-electron chi connectivity index (χ1n) is 10.9. The molecule has 1 fully saturated rings. The van der Waals surface area contributed by atoms with E-state index < -0.39 is 30.6 Å². The maximum absolute atomic E-state index is 12.7. The summed E-state index contributed by atoms with van der Waals surface area (Å²) in [7, 11) is 2.76. The first-order valence-corrected chi connectivity index (χ1v) is 10.9. The van der Waals surface area contributed by atoms with E-state index in [1.807, 2.05) is 12.1 Å². The molecule has 1 aromatic rings. The van der Waals surface area contributed by atoms with Crippen molar-refractivity contribution < 1.29 is 38.4 Å². The molecule has 0 saturated carbocycles. The van der Waals surface area contributed by atoms with Crippen LogP contribution in [0.1, 0.15) is 36.3 Å². The van der Waals surface area contributed by atoms with Crippen molar-refractivity contribution in [1.29, 1.82) is 0 Å². The van der Waals surface area contributed by atoms with Crippen LogP contribution >= 0.6 is 0 Å². The van der Waals surface area contributed by atoms with Gasteiger partial charge in [-0.15, -0.1) is 0 Å². The maximum atomic E-state index is 12.7. The standard InChI is InChI=1S/C23H27NO8/c1-28-18-11-23-5-3-6-24(23)7-4-13-8-16-17(31-12-30-16)9-14(13)20(23)21(18)32-22(27)15(25)10-19(26)29-2/h8-9,11,15,20-21,25H,3-7,10,12H2,1-2H3/t15?,20-,21?,23?/m1/s1. The van der Waals surface area contributed by atoms with Crippen molar-refractivity contribution in [3.05, 3.63) is 35.1 Å². The average molecular weight is 445 g/mol. The first kappa shape index (κ1) is 21.1. The minimum absolute atomic E-state index is 0.180. The van der Waals surface area contributed by atoms with Crippen LogP contribution in [0.4, 0.5) is 0 Å². The second-order valence-corrected chi connectivity index (χ2v) is 8.62. The van der Waals surface area contributed by atoms with E-state index >= 15 is 0 Å². The second-order valence-electron chi connectivity index (χ2n) is 8.62. The molecule has 9 nitrogen and oxygen atoms in total. The second kappa shape index (κ2) is 7.97. The number of methoxy groups -OCH3 is 2. The molecule has 3 heterocycles. The summed E-state index contributed by atoms with van der Waals surface area (Å²) in [5.74, 6) is 0.143. The topological polar surface area (TPSA) is 104 Å². The van der Waals surface area contributed by atoms with Crippen molar-refractivity contribution in [3.8, 4) is 11.5 Å². The van der Waals surface area contributed by atoms with Crippen molar-refractivity contribution in [2.45, 2.75) is 49.3 Å². The van der Waals surface area contributed by atoms with Crippen LogP contribution in [0.3, 0.4) is 0 Å². The third-order valence-electron chi connectivity index (χ3n) is 7.07. The van der Waals surface area contributed by atoms with Gasteiger partial charge in [-0.3, -0.25) is 9.69 Å². The molecule has 1 spiro atoms. The number of hydrogen-bond donors (Lipinski definition) is 1. The Kier molecular flexibility index (Phi) is 5.25. The lowest BCUT2D eigenvalue weighted by Gasteiger charge is -2.39. The highest BCUT2D eigenvalue weighted by molar-refractivity contribution is 5.82. The van der Waals surface area contributed by atoms with Crippen molar-refractivity contribution in [1.82, 2.24) is 4.90 Å².